The number of rotatable bonds is 5. The third-order valence-electron chi connectivity index (χ3n) is 5.20. The second-order valence-electron chi connectivity index (χ2n) is 7.36. The molecule has 1 N–H and O–H groups in total. The number of hydrogen-bond acceptors (Lipinski definition) is 6. The molecule has 1 amide bonds. The van der Waals surface area contributed by atoms with Crippen LogP contribution >= 0.6 is 11.3 Å². The van der Waals surface area contributed by atoms with Crippen LogP contribution in [0.2, 0.25) is 0 Å². The van der Waals surface area contributed by atoms with Crippen LogP contribution in [0.4, 0.5) is 16.5 Å². The van der Waals surface area contributed by atoms with Crippen LogP contribution in [-0.2, 0) is 0 Å². The van der Waals surface area contributed by atoms with Gasteiger partial charge in [-0.25, -0.2) is 4.98 Å². The number of carbonyl (C=O) groups is 1. The molecule has 0 bridgehead atoms. The predicted molar refractivity (Wildman–Crippen MR) is 119 cm³/mol. The molecule has 30 heavy (non-hydrogen) atoms. The Morgan fingerprint density at radius 1 is 1.17 bits per heavy atom. The van der Waals surface area contributed by atoms with Crippen molar-refractivity contribution in [2.75, 3.05) is 23.3 Å². The summed E-state index contributed by atoms with van der Waals surface area (Å²) in [5.74, 6) is -0.387. The van der Waals surface area contributed by atoms with E-state index in [9.17, 15) is 14.9 Å². The van der Waals surface area contributed by atoms with E-state index in [4.69, 9.17) is 4.98 Å². The number of hydrogen-bond donors (Lipinski definition) is 1. The first-order valence-corrected chi connectivity index (χ1v) is 10.8. The van der Waals surface area contributed by atoms with Crippen molar-refractivity contribution in [3.05, 3.63) is 69.1 Å². The Balaban J connectivity index is 1.51. The Hall–Kier alpha value is -3.26. The Morgan fingerprint density at radius 2 is 1.97 bits per heavy atom. The summed E-state index contributed by atoms with van der Waals surface area (Å²) < 4.78 is 0. The number of thiazole rings is 1. The molecule has 154 valence electrons. The van der Waals surface area contributed by atoms with Crippen molar-refractivity contribution in [1.82, 2.24) is 4.98 Å². The first-order valence-electron chi connectivity index (χ1n) is 9.88. The summed E-state index contributed by atoms with van der Waals surface area (Å²) in [4.78, 5) is 30.4. The van der Waals surface area contributed by atoms with Crippen LogP contribution < -0.4 is 10.2 Å². The number of nitrogens with zero attached hydrogens (tertiary/aromatic N) is 3. The van der Waals surface area contributed by atoms with Crippen LogP contribution in [0.25, 0.3) is 11.3 Å². The van der Waals surface area contributed by atoms with E-state index in [1.54, 1.807) is 36.5 Å². The highest BCUT2D eigenvalue weighted by Gasteiger charge is 2.17. The summed E-state index contributed by atoms with van der Waals surface area (Å²) in [5, 5.41) is 17.0. The molecule has 0 aliphatic carbocycles. The summed E-state index contributed by atoms with van der Waals surface area (Å²) in [5.41, 5.74) is 3.12. The van der Waals surface area contributed by atoms with E-state index >= 15 is 0 Å². The molecule has 0 spiro atoms. The van der Waals surface area contributed by atoms with Crippen molar-refractivity contribution in [2.45, 2.75) is 26.2 Å². The monoisotopic (exact) mass is 422 g/mol. The molecule has 4 rings (SSSR count). The first-order chi connectivity index (χ1) is 14.5. The number of aromatic nitrogens is 1. The third-order valence-corrected chi connectivity index (χ3v) is 6.10. The molecular formula is C22H22N4O3S. The summed E-state index contributed by atoms with van der Waals surface area (Å²) in [6.45, 7) is 3.74. The lowest BCUT2D eigenvalue weighted by Gasteiger charge is -2.25. The summed E-state index contributed by atoms with van der Waals surface area (Å²) >= 11 is 1.64. The number of nitro groups is 1. The van der Waals surface area contributed by atoms with Gasteiger partial charge in [0.15, 0.2) is 5.13 Å². The molecule has 8 heteroatoms. The van der Waals surface area contributed by atoms with E-state index in [1.165, 1.54) is 25.3 Å². The van der Waals surface area contributed by atoms with E-state index in [1.807, 2.05) is 23.6 Å². The highest BCUT2D eigenvalue weighted by molar-refractivity contribution is 7.14. The largest absolute Gasteiger partial charge is 0.348 e. The third kappa shape index (κ3) is 4.33. The van der Waals surface area contributed by atoms with E-state index in [0.717, 1.165) is 29.5 Å². The van der Waals surface area contributed by atoms with Crippen LogP contribution in [0.5, 0.6) is 0 Å². The Kier molecular flexibility index (Phi) is 5.76. The van der Waals surface area contributed by atoms with Crippen LogP contribution in [0.3, 0.4) is 0 Å². The minimum atomic E-state index is -0.477. The average Bonchev–Trinajstić information content (AvgIpc) is 3.25. The van der Waals surface area contributed by atoms with Crippen molar-refractivity contribution in [1.29, 1.82) is 0 Å². The number of aryl methyl sites for hydroxylation is 1. The molecule has 1 aliphatic heterocycles. The smallest absolute Gasteiger partial charge is 0.273 e. The number of piperidine rings is 1. The SMILES string of the molecule is Cc1ccc(C(=O)Nc2cccc(-c3csc(N4CCCCC4)n3)c2)cc1[N+](=O)[O-]. The van der Waals surface area contributed by atoms with Crippen molar-refractivity contribution >= 4 is 33.8 Å². The molecule has 2 aromatic carbocycles. The maximum absolute atomic E-state index is 12.6. The number of amides is 1. The molecule has 0 unspecified atom stereocenters. The molecule has 1 saturated heterocycles. The van der Waals surface area contributed by atoms with Crippen LogP contribution in [0.1, 0.15) is 35.2 Å². The predicted octanol–water partition coefficient (Wildman–Crippen LogP) is 5.27. The normalized spacial score (nSPS) is 13.8. The minimum absolute atomic E-state index is 0.0656. The maximum Gasteiger partial charge on any atom is 0.273 e. The van der Waals surface area contributed by atoms with Crippen molar-refractivity contribution < 1.29 is 9.72 Å². The van der Waals surface area contributed by atoms with Crippen LogP contribution in [0.15, 0.2) is 47.8 Å². The van der Waals surface area contributed by atoms with Crippen LogP contribution in [-0.4, -0.2) is 28.9 Å². The zero-order chi connectivity index (χ0) is 21.1. The molecule has 0 radical (unpaired) electrons. The zero-order valence-electron chi connectivity index (χ0n) is 16.6. The van der Waals surface area contributed by atoms with Gasteiger partial charge in [0.25, 0.3) is 11.6 Å². The van der Waals surface area contributed by atoms with Gasteiger partial charge in [0, 0.05) is 46.9 Å². The van der Waals surface area contributed by atoms with E-state index in [-0.39, 0.29) is 17.2 Å². The maximum atomic E-state index is 12.6. The summed E-state index contributed by atoms with van der Waals surface area (Å²) in [6.07, 6.45) is 3.68. The number of carbonyl (C=O) groups excluding carboxylic acids is 1. The van der Waals surface area contributed by atoms with Gasteiger partial charge in [0.2, 0.25) is 0 Å². The molecule has 1 fully saturated rings. The molecule has 3 aromatic rings. The lowest BCUT2D eigenvalue weighted by Crippen LogP contribution is -2.29. The molecule has 2 heterocycles. The molecule has 7 nitrogen and oxygen atoms in total. The van der Waals surface area contributed by atoms with Gasteiger partial charge < -0.3 is 10.2 Å². The summed E-state index contributed by atoms with van der Waals surface area (Å²) in [6, 6.07) is 12.0. The first kappa shape index (κ1) is 20.0. The molecule has 1 aliphatic rings. The van der Waals surface area contributed by atoms with E-state index < -0.39 is 4.92 Å². The van der Waals surface area contributed by atoms with Crippen molar-refractivity contribution in [3.8, 4) is 11.3 Å². The molecule has 0 saturated carbocycles. The Labute approximate surface area is 178 Å². The van der Waals surface area contributed by atoms with Gasteiger partial charge in [0.05, 0.1) is 10.6 Å². The van der Waals surface area contributed by atoms with Gasteiger partial charge >= 0.3 is 0 Å². The fourth-order valence-corrected chi connectivity index (χ4v) is 4.42. The van der Waals surface area contributed by atoms with Crippen molar-refractivity contribution in [2.24, 2.45) is 0 Å². The van der Waals surface area contributed by atoms with Gasteiger partial charge in [-0.1, -0.05) is 18.2 Å². The van der Waals surface area contributed by atoms with Gasteiger partial charge in [-0.05, 0) is 44.4 Å². The van der Waals surface area contributed by atoms with E-state index in [0.29, 0.717) is 11.3 Å². The quantitative estimate of drug-likeness (QED) is 0.447. The highest BCUT2D eigenvalue weighted by atomic mass is 32.1. The standard InChI is InChI=1S/C22H22N4O3S/c1-15-8-9-17(13-20(15)26(28)29)21(27)23-18-7-5-6-16(12-18)19-14-30-22(24-19)25-10-3-2-4-11-25/h5-9,12-14H,2-4,10-11H2,1H3,(H,23,27). The fraction of sp³-hybridized carbons (Fsp3) is 0.273. The van der Waals surface area contributed by atoms with Gasteiger partial charge in [-0.3, -0.25) is 14.9 Å². The van der Waals surface area contributed by atoms with Gasteiger partial charge in [-0.2, -0.15) is 0 Å². The van der Waals surface area contributed by atoms with Crippen LogP contribution in [0, 0.1) is 17.0 Å². The molecule has 0 atom stereocenters. The average molecular weight is 423 g/mol. The Morgan fingerprint density at radius 3 is 2.73 bits per heavy atom. The van der Waals surface area contributed by atoms with Crippen molar-refractivity contribution in [3.63, 3.8) is 0 Å². The minimum Gasteiger partial charge on any atom is -0.348 e. The van der Waals surface area contributed by atoms with E-state index in [2.05, 4.69) is 10.2 Å². The van der Waals surface area contributed by atoms with Gasteiger partial charge in [0.1, 0.15) is 0 Å². The second-order valence-corrected chi connectivity index (χ2v) is 8.19. The number of anilines is 2. The number of benzene rings is 2. The fourth-order valence-electron chi connectivity index (χ4n) is 3.53. The second kappa shape index (κ2) is 8.62. The number of nitro benzene ring substituents is 1. The zero-order valence-corrected chi connectivity index (χ0v) is 17.4. The summed E-state index contributed by atoms with van der Waals surface area (Å²) in [7, 11) is 0. The lowest BCUT2D eigenvalue weighted by atomic mass is 10.1. The topological polar surface area (TPSA) is 88.4 Å². The number of nitrogens with one attached hydrogen (secondary N) is 1. The highest BCUT2D eigenvalue weighted by Crippen LogP contribution is 2.30. The van der Waals surface area contributed by atoms with Gasteiger partial charge in [-0.15, -0.1) is 11.3 Å². The molecular weight excluding hydrogens is 400 g/mol. The molecule has 1 aromatic heterocycles. The Bertz CT molecular complexity index is 1090. The lowest BCUT2D eigenvalue weighted by molar-refractivity contribution is -0.385.